The van der Waals surface area contributed by atoms with Crippen LogP contribution in [0.2, 0.25) is 0 Å². The fourth-order valence-electron chi connectivity index (χ4n) is 4.49. The SMILES string of the molecule is CC1(C)C2CC=C(C3(C(=O)O)CCCC3)C1C2. The Kier molecular flexibility index (Phi) is 2.24. The molecule has 2 unspecified atom stereocenters. The minimum absolute atomic E-state index is 0.342. The highest BCUT2D eigenvalue weighted by Gasteiger charge is 2.58. The van der Waals surface area contributed by atoms with Gasteiger partial charge >= 0.3 is 5.97 Å². The van der Waals surface area contributed by atoms with E-state index in [-0.39, 0.29) is 0 Å². The number of hydrogen-bond acceptors (Lipinski definition) is 1. The number of carboxylic acids is 1. The second kappa shape index (κ2) is 3.37. The minimum Gasteiger partial charge on any atom is -0.481 e. The van der Waals surface area contributed by atoms with E-state index in [0.29, 0.717) is 11.3 Å². The van der Waals surface area contributed by atoms with Crippen molar-refractivity contribution in [1.29, 1.82) is 0 Å². The van der Waals surface area contributed by atoms with Gasteiger partial charge in [-0.25, -0.2) is 0 Å². The van der Waals surface area contributed by atoms with Crippen molar-refractivity contribution >= 4 is 5.97 Å². The Labute approximate surface area is 103 Å². The van der Waals surface area contributed by atoms with Crippen molar-refractivity contribution in [3.8, 4) is 0 Å². The molecule has 4 aliphatic carbocycles. The molecule has 2 bridgehead atoms. The van der Waals surface area contributed by atoms with Crippen molar-refractivity contribution < 1.29 is 9.90 Å². The maximum absolute atomic E-state index is 11.8. The van der Waals surface area contributed by atoms with E-state index in [1.165, 1.54) is 12.0 Å². The summed E-state index contributed by atoms with van der Waals surface area (Å²) in [6, 6.07) is 0. The van der Waals surface area contributed by atoms with E-state index in [1.807, 2.05) is 0 Å². The molecule has 0 radical (unpaired) electrons. The normalized spacial score (nSPS) is 37.2. The van der Waals surface area contributed by atoms with Crippen LogP contribution in [0.5, 0.6) is 0 Å². The molecule has 0 aromatic rings. The van der Waals surface area contributed by atoms with Crippen LogP contribution < -0.4 is 0 Å². The molecular weight excluding hydrogens is 212 g/mol. The van der Waals surface area contributed by atoms with Crippen LogP contribution in [0.1, 0.15) is 52.4 Å². The first-order chi connectivity index (χ1) is 7.98. The second-order valence-electron chi connectivity index (χ2n) is 6.80. The Bertz CT molecular complexity index is 386. The molecule has 0 aromatic heterocycles. The molecule has 4 aliphatic rings. The van der Waals surface area contributed by atoms with Gasteiger partial charge in [0.1, 0.15) is 0 Å². The van der Waals surface area contributed by atoms with Gasteiger partial charge in [-0.2, -0.15) is 0 Å². The molecule has 0 aliphatic heterocycles. The molecule has 2 fully saturated rings. The van der Waals surface area contributed by atoms with Crippen LogP contribution in [0.3, 0.4) is 0 Å². The third kappa shape index (κ3) is 1.30. The van der Waals surface area contributed by atoms with Gasteiger partial charge in [0.05, 0.1) is 5.41 Å². The molecular formula is C15H22O2. The first kappa shape index (κ1) is 11.3. The largest absolute Gasteiger partial charge is 0.481 e. The molecule has 4 rings (SSSR count). The van der Waals surface area contributed by atoms with Crippen molar-refractivity contribution in [3.63, 3.8) is 0 Å². The number of carbonyl (C=O) groups is 1. The molecule has 0 amide bonds. The van der Waals surface area contributed by atoms with Gasteiger partial charge < -0.3 is 5.11 Å². The first-order valence-corrected chi connectivity index (χ1v) is 6.92. The Morgan fingerprint density at radius 1 is 1.35 bits per heavy atom. The number of fused-ring (bicyclic) bond motifs is 1. The lowest BCUT2D eigenvalue weighted by molar-refractivity contribution is -0.148. The third-order valence-corrected chi connectivity index (χ3v) is 5.89. The van der Waals surface area contributed by atoms with E-state index >= 15 is 0 Å². The second-order valence-corrected chi connectivity index (χ2v) is 6.80. The van der Waals surface area contributed by atoms with Gasteiger partial charge in [0.25, 0.3) is 0 Å². The maximum Gasteiger partial charge on any atom is 0.313 e. The Hall–Kier alpha value is -0.790. The lowest BCUT2D eigenvalue weighted by Gasteiger charge is -2.58. The Balaban J connectivity index is 1.98. The highest BCUT2D eigenvalue weighted by Crippen LogP contribution is 2.64. The maximum atomic E-state index is 11.8. The summed E-state index contributed by atoms with van der Waals surface area (Å²) < 4.78 is 0. The van der Waals surface area contributed by atoms with Gasteiger partial charge in [-0.15, -0.1) is 0 Å². The lowest BCUT2D eigenvalue weighted by atomic mass is 9.45. The summed E-state index contributed by atoms with van der Waals surface area (Å²) in [5.74, 6) is 0.765. The lowest BCUT2D eigenvalue weighted by Crippen LogP contribution is -2.52. The van der Waals surface area contributed by atoms with Crippen molar-refractivity contribution in [2.24, 2.45) is 22.7 Å². The van der Waals surface area contributed by atoms with E-state index < -0.39 is 11.4 Å². The standard InChI is InChI=1S/C15H22O2/c1-14(2)10-5-6-11(12(14)9-10)15(13(16)17)7-3-4-8-15/h6,10,12H,3-5,7-9H2,1-2H3,(H,16,17). The van der Waals surface area contributed by atoms with Crippen LogP contribution in [0.25, 0.3) is 0 Å². The van der Waals surface area contributed by atoms with Crippen molar-refractivity contribution in [1.82, 2.24) is 0 Å². The molecule has 2 saturated carbocycles. The topological polar surface area (TPSA) is 37.3 Å². The summed E-state index contributed by atoms with van der Waals surface area (Å²) in [6.45, 7) is 4.65. The van der Waals surface area contributed by atoms with Crippen LogP contribution in [-0.2, 0) is 4.79 Å². The molecule has 0 spiro atoms. The Morgan fingerprint density at radius 3 is 2.47 bits per heavy atom. The van der Waals surface area contributed by atoms with Gasteiger partial charge in [-0.05, 0) is 42.9 Å². The Morgan fingerprint density at radius 2 is 2.00 bits per heavy atom. The van der Waals surface area contributed by atoms with Crippen molar-refractivity contribution in [2.45, 2.75) is 52.4 Å². The number of allylic oxidation sites excluding steroid dienone is 1. The predicted octanol–water partition coefficient (Wildman–Crippen LogP) is 3.62. The van der Waals surface area contributed by atoms with Gasteiger partial charge in [0.15, 0.2) is 0 Å². The fraction of sp³-hybridized carbons (Fsp3) is 0.800. The highest BCUT2D eigenvalue weighted by atomic mass is 16.4. The summed E-state index contributed by atoms with van der Waals surface area (Å²) in [6.07, 6.45) is 8.52. The molecule has 0 aromatic carbocycles. The number of carboxylic acid groups (broad SMARTS) is 1. The van der Waals surface area contributed by atoms with E-state index in [0.717, 1.165) is 38.0 Å². The number of rotatable bonds is 2. The van der Waals surface area contributed by atoms with Crippen LogP contribution >= 0.6 is 0 Å². The predicted molar refractivity (Wildman–Crippen MR) is 66.6 cm³/mol. The van der Waals surface area contributed by atoms with Gasteiger partial charge in [-0.3, -0.25) is 4.79 Å². The molecule has 0 saturated heterocycles. The summed E-state index contributed by atoms with van der Waals surface area (Å²) >= 11 is 0. The van der Waals surface area contributed by atoms with E-state index in [1.54, 1.807) is 0 Å². The number of hydrogen-bond donors (Lipinski definition) is 1. The van der Waals surface area contributed by atoms with E-state index in [2.05, 4.69) is 19.9 Å². The molecule has 2 nitrogen and oxygen atoms in total. The van der Waals surface area contributed by atoms with Gasteiger partial charge in [-0.1, -0.05) is 38.3 Å². The molecule has 1 N–H and O–H groups in total. The van der Waals surface area contributed by atoms with E-state index in [4.69, 9.17) is 0 Å². The van der Waals surface area contributed by atoms with E-state index in [9.17, 15) is 9.90 Å². The summed E-state index contributed by atoms with van der Waals surface area (Å²) in [7, 11) is 0. The molecule has 2 heteroatoms. The first-order valence-electron chi connectivity index (χ1n) is 6.92. The van der Waals surface area contributed by atoms with Gasteiger partial charge in [0.2, 0.25) is 0 Å². The molecule has 17 heavy (non-hydrogen) atoms. The molecule has 0 heterocycles. The van der Waals surface area contributed by atoms with Crippen LogP contribution in [0, 0.1) is 22.7 Å². The zero-order valence-electron chi connectivity index (χ0n) is 10.8. The van der Waals surface area contributed by atoms with Crippen molar-refractivity contribution in [3.05, 3.63) is 11.6 Å². The van der Waals surface area contributed by atoms with Crippen LogP contribution in [-0.4, -0.2) is 11.1 Å². The number of aliphatic carboxylic acids is 1. The summed E-state index contributed by atoms with van der Waals surface area (Å²) in [5.41, 5.74) is 1.14. The summed E-state index contributed by atoms with van der Waals surface area (Å²) in [5, 5.41) is 9.68. The smallest absolute Gasteiger partial charge is 0.313 e. The monoisotopic (exact) mass is 234 g/mol. The molecule has 94 valence electrons. The average molecular weight is 234 g/mol. The van der Waals surface area contributed by atoms with Crippen molar-refractivity contribution in [2.75, 3.05) is 0 Å². The average Bonchev–Trinajstić information content (AvgIpc) is 2.79. The highest BCUT2D eigenvalue weighted by molar-refractivity contribution is 5.79. The molecule has 2 atom stereocenters. The minimum atomic E-state index is -0.567. The zero-order valence-corrected chi connectivity index (χ0v) is 10.8. The third-order valence-electron chi connectivity index (χ3n) is 5.89. The fourth-order valence-corrected chi connectivity index (χ4v) is 4.49. The van der Waals surface area contributed by atoms with Crippen LogP contribution in [0.4, 0.5) is 0 Å². The quantitative estimate of drug-likeness (QED) is 0.741. The van der Waals surface area contributed by atoms with Gasteiger partial charge in [0, 0.05) is 0 Å². The summed E-state index contributed by atoms with van der Waals surface area (Å²) in [4.78, 5) is 11.8. The zero-order chi connectivity index (χ0) is 12.3. The van der Waals surface area contributed by atoms with Crippen LogP contribution in [0.15, 0.2) is 11.6 Å².